The van der Waals surface area contributed by atoms with Gasteiger partial charge < -0.3 is 0 Å². The third kappa shape index (κ3) is 3.46. The molecule has 0 atom stereocenters. The van der Waals surface area contributed by atoms with Crippen LogP contribution in [0.5, 0.6) is 0 Å². The summed E-state index contributed by atoms with van der Waals surface area (Å²) in [4.78, 5) is 11.7. The van der Waals surface area contributed by atoms with Crippen LogP contribution in [-0.4, -0.2) is 24.5 Å². The minimum absolute atomic E-state index is 0.140. The molecule has 24 heavy (non-hydrogen) atoms. The summed E-state index contributed by atoms with van der Waals surface area (Å²) in [5.74, 6) is 0.769. The summed E-state index contributed by atoms with van der Waals surface area (Å²) in [6, 6.07) is 10.4. The smallest absolute Gasteiger partial charge is 0.270 e. The molecule has 126 valence electrons. The lowest BCUT2D eigenvalue weighted by molar-refractivity contribution is 0.604. The lowest BCUT2D eigenvalue weighted by atomic mass is 10.2. The largest absolute Gasteiger partial charge is 0.343 e. The zero-order valence-corrected chi connectivity index (χ0v) is 14.9. The number of rotatable bonds is 6. The summed E-state index contributed by atoms with van der Waals surface area (Å²) in [6.07, 6.45) is 0.907. The number of aromatic nitrogens is 5. The quantitative estimate of drug-likeness (QED) is 0.698. The van der Waals surface area contributed by atoms with Gasteiger partial charge in [0.1, 0.15) is 0 Å². The van der Waals surface area contributed by atoms with Crippen molar-refractivity contribution in [1.82, 2.24) is 24.5 Å². The van der Waals surface area contributed by atoms with Gasteiger partial charge >= 0.3 is 5.69 Å². The molecule has 0 aliphatic heterocycles. The first kappa shape index (κ1) is 16.6. The van der Waals surface area contributed by atoms with E-state index in [4.69, 9.17) is 0 Å². The van der Waals surface area contributed by atoms with E-state index in [0.717, 1.165) is 34.4 Å². The highest BCUT2D eigenvalue weighted by atomic mass is 32.2. The Kier molecular flexibility index (Phi) is 4.89. The van der Waals surface area contributed by atoms with Crippen molar-refractivity contribution in [3.63, 3.8) is 0 Å². The Labute approximate surface area is 144 Å². The van der Waals surface area contributed by atoms with Gasteiger partial charge in [-0.25, -0.2) is 14.6 Å². The van der Waals surface area contributed by atoms with Crippen molar-refractivity contribution in [2.75, 3.05) is 0 Å². The second-order valence-electron chi connectivity index (χ2n) is 5.76. The monoisotopic (exact) mass is 343 g/mol. The van der Waals surface area contributed by atoms with Gasteiger partial charge in [-0.3, -0.25) is 4.57 Å². The molecule has 0 saturated carbocycles. The Hall–Kier alpha value is -2.28. The molecule has 0 bridgehead atoms. The maximum absolute atomic E-state index is 11.7. The maximum atomic E-state index is 11.7. The van der Waals surface area contributed by atoms with E-state index in [-0.39, 0.29) is 5.69 Å². The van der Waals surface area contributed by atoms with Crippen LogP contribution in [0, 0.1) is 13.8 Å². The third-order valence-corrected chi connectivity index (χ3v) is 4.78. The van der Waals surface area contributed by atoms with Crippen LogP contribution in [-0.2, 0) is 12.3 Å². The van der Waals surface area contributed by atoms with E-state index in [1.165, 1.54) is 5.56 Å². The number of benzene rings is 1. The third-order valence-electron chi connectivity index (χ3n) is 3.73. The molecule has 0 spiro atoms. The molecule has 1 aromatic carbocycles. The molecule has 2 aromatic heterocycles. The van der Waals surface area contributed by atoms with Gasteiger partial charge in [-0.05, 0) is 44.0 Å². The molecule has 7 heteroatoms. The van der Waals surface area contributed by atoms with E-state index >= 15 is 0 Å². The van der Waals surface area contributed by atoms with Crippen LogP contribution in [0.25, 0.3) is 5.69 Å². The zero-order chi connectivity index (χ0) is 17.1. The SMILES string of the molecule is CCCn1c(SCc2ccc(-n3nc(C)cc3C)cc2)n[nH]c1=O. The molecule has 2 heterocycles. The number of aromatic amines is 1. The summed E-state index contributed by atoms with van der Waals surface area (Å²) in [5, 5.41) is 11.9. The summed E-state index contributed by atoms with van der Waals surface area (Å²) < 4.78 is 3.63. The highest BCUT2D eigenvalue weighted by molar-refractivity contribution is 7.98. The first-order valence-electron chi connectivity index (χ1n) is 7.99. The van der Waals surface area contributed by atoms with Crippen molar-refractivity contribution in [2.45, 2.75) is 44.6 Å². The van der Waals surface area contributed by atoms with Crippen LogP contribution in [0.2, 0.25) is 0 Å². The molecule has 0 radical (unpaired) electrons. The molecule has 3 aromatic rings. The van der Waals surface area contributed by atoms with Gasteiger partial charge in [0.2, 0.25) is 0 Å². The second kappa shape index (κ2) is 7.09. The van der Waals surface area contributed by atoms with E-state index in [1.54, 1.807) is 16.3 Å². The molecule has 1 N–H and O–H groups in total. The van der Waals surface area contributed by atoms with Gasteiger partial charge in [-0.2, -0.15) is 5.10 Å². The maximum Gasteiger partial charge on any atom is 0.343 e. The van der Waals surface area contributed by atoms with Crippen LogP contribution in [0.15, 0.2) is 40.3 Å². The van der Waals surface area contributed by atoms with Gasteiger partial charge in [-0.15, -0.1) is 5.10 Å². The number of nitrogens with one attached hydrogen (secondary N) is 1. The summed E-state index contributed by atoms with van der Waals surface area (Å²) in [5.41, 5.74) is 4.23. The minimum Gasteiger partial charge on any atom is -0.270 e. The van der Waals surface area contributed by atoms with Crippen molar-refractivity contribution in [3.05, 3.63) is 57.8 Å². The average molecular weight is 343 g/mol. The van der Waals surface area contributed by atoms with Crippen molar-refractivity contribution < 1.29 is 0 Å². The van der Waals surface area contributed by atoms with E-state index in [2.05, 4.69) is 45.6 Å². The van der Waals surface area contributed by atoms with Gasteiger partial charge in [0.25, 0.3) is 0 Å². The average Bonchev–Trinajstić information content (AvgIpc) is 3.09. The standard InChI is InChI=1S/C17H21N5OS/c1-4-9-21-16(23)18-19-17(21)24-11-14-5-7-15(8-6-14)22-13(3)10-12(2)20-22/h5-8,10H,4,9,11H2,1-3H3,(H,18,23). The lowest BCUT2D eigenvalue weighted by Crippen LogP contribution is -2.17. The van der Waals surface area contributed by atoms with Crippen LogP contribution in [0.1, 0.15) is 30.3 Å². The predicted octanol–water partition coefficient (Wildman–Crippen LogP) is 3.08. The molecule has 0 amide bonds. The Morgan fingerprint density at radius 3 is 2.58 bits per heavy atom. The molecular formula is C17H21N5OS. The summed E-state index contributed by atoms with van der Waals surface area (Å²) >= 11 is 1.57. The van der Waals surface area contributed by atoms with Crippen LogP contribution >= 0.6 is 11.8 Å². The number of thioether (sulfide) groups is 1. The lowest BCUT2D eigenvalue weighted by Gasteiger charge is -2.07. The Morgan fingerprint density at radius 2 is 1.96 bits per heavy atom. The van der Waals surface area contributed by atoms with Crippen LogP contribution in [0.4, 0.5) is 0 Å². The fourth-order valence-corrected chi connectivity index (χ4v) is 3.53. The minimum atomic E-state index is -0.140. The fourth-order valence-electron chi connectivity index (χ4n) is 2.61. The van der Waals surface area contributed by atoms with E-state index in [0.29, 0.717) is 6.54 Å². The summed E-state index contributed by atoms with van der Waals surface area (Å²) in [7, 11) is 0. The molecule has 0 aliphatic rings. The highest BCUT2D eigenvalue weighted by Gasteiger charge is 2.09. The number of hydrogen-bond acceptors (Lipinski definition) is 4. The number of nitrogens with zero attached hydrogens (tertiary/aromatic N) is 4. The van der Waals surface area contributed by atoms with Gasteiger partial charge in [0.05, 0.1) is 11.4 Å². The molecule has 0 aliphatic carbocycles. The number of H-pyrrole nitrogens is 1. The molecule has 0 unspecified atom stereocenters. The molecule has 0 fully saturated rings. The van der Waals surface area contributed by atoms with Crippen LogP contribution in [0.3, 0.4) is 0 Å². The number of aryl methyl sites for hydroxylation is 2. The predicted molar refractivity (Wildman–Crippen MR) is 95.7 cm³/mol. The normalized spacial score (nSPS) is 11.1. The molecule has 0 saturated heterocycles. The summed E-state index contributed by atoms with van der Waals surface area (Å²) in [6.45, 7) is 6.78. The fraction of sp³-hybridized carbons (Fsp3) is 0.353. The van der Waals surface area contributed by atoms with E-state index < -0.39 is 0 Å². The topological polar surface area (TPSA) is 68.5 Å². The van der Waals surface area contributed by atoms with Gasteiger partial charge in [0, 0.05) is 18.0 Å². The Bertz CT molecular complexity index is 875. The Morgan fingerprint density at radius 1 is 1.21 bits per heavy atom. The van der Waals surface area contributed by atoms with Crippen molar-refractivity contribution in [2.24, 2.45) is 0 Å². The van der Waals surface area contributed by atoms with Crippen molar-refractivity contribution in [1.29, 1.82) is 0 Å². The van der Waals surface area contributed by atoms with E-state index in [1.807, 2.05) is 25.5 Å². The van der Waals surface area contributed by atoms with Crippen molar-refractivity contribution >= 4 is 11.8 Å². The molecule has 3 rings (SSSR count). The van der Waals surface area contributed by atoms with Gasteiger partial charge in [-0.1, -0.05) is 30.8 Å². The first-order valence-corrected chi connectivity index (χ1v) is 8.97. The highest BCUT2D eigenvalue weighted by Crippen LogP contribution is 2.21. The van der Waals surface area contributed by atoms with Gasteiger partial charge in [0.15, 0.2) is 5.16 Å². The number of hydrogen-bond donors (Lipinski definition) is 1. The second-order valence-corrected chi connectivity index (χ2v) is 6.70. The van der Waals surface area contributed by atoms with Crippen molar-refractivity contribution in [3.8, 4) is 5.69 Å². The zero-order valence-electron chi connectivity index (χ0n) is 14.1. The first-order chi connectivity index (χ1) is 11.6. The van der Waals surface area contributed by atoms with Crippen LogP contribution < -0.4 is 5.69 Å². The molecular weight excluding hydrogens is 322 g/mol. The Balaban J connectivity index is 1.71. The molecule has 6 nitrogen and oxygen atoms in total. The van der Waals surface area contributed by atoms with E-state index in [9.17, 15) is 4.79 Å².